The van der Waals surface area contributed by atoms with E-state index in [1.54, 1.807) is 0 Å². The zero-order valence-corrected chi connectivity index (χ0v) is 18.7. The third-order valence-corrected chi connectivity index (χ3v) is 5.92. The topological polar surface area (TPSA) is 120 Å². The summed E-state index contributed by atoms with van der Waals surface area (Å²) in [6.45, 7) is 3.76. The van der Waals surface area contributed by atoms with Crippen LogP contribution in [-0.4, -0.2) is 37.5 Å². The van der Waals surface area contributed by atoms with Crippen LogP contribution in [0.5, 0.6) is 11.6 Å². The summed E-state index contributed by atoms with van der Waals surface area (Å²) in [6.07, 6.45) is 0.978. The van der Waals surface area contributed by atoms with Gasteiger partial charge in [0.25, 0.3) is 15.9 Å². The number of rotatable bonds is 9. The maximum absolute atomic E-state index is 12.7. The number of nitrogens with zero attached hydrogens (tertiary/aromatic N) is 2. The molecule has 2 N–H and O–H groups in total. The molecule has 1 heterocycles. The number of sulfonamides is 1. The summed E-state index contributed by atoms with van der Waals surface area (Å²) < 4.78 is 38.4. The van der Waals surface area contributed by atoms with E-state index in [1.807, 2.05) is 38.1 Å². The highest BCUT2D eigenvalue weighted by Gasteiger charge is 2.20. The Morgan fingerprint density at radius 3 is 2.47 bits per heavy atom. The summed E-state index contributed by atoms with van der Waals surface area (Å²) in [5, 5.41) is 2.76. The molecular formula is C22H24N4O5S. The minimum atomic E-state index is -3.88. The van der Waals surface area contributed by atoms with Gasteiger partial charge in [-0.2, -0.15) is 0 Å². The first-order valence-corrected chi connectivity index (χ1v) is 11.3. The van der Waals surface area contributed by atoms with Gasteiger partial charge < -0.3 is 14.8 Å². The number of anilines is 2. The quantitative estimate of drug-likeness (QED) is 0.506. The monoisotopic (exact) mass is 456 g/mol. The number of hydrogen-bond donors (Lipinski definition) is 2. The molecule has 0 aliphatic heterocycles. The third kappa shape index (κ3) is 5.73. The summed E-state index contributed by atoms with van der Waals surface area (Å²) in [4.78, 5) is 20.4. The highest BCUT2D eigenvalue weighted by molar-refractivity contribution is 7.92. The van der Waals surface area contributed by atoms with Crippen molar-refractivity contribution >= 4 is 27.4 Å². The first-order valence-electron chi connectivity index (χ1n) is 9.84. The summed E-state index contributed by atoms with van der Waals surface area (Å²) in [5.41, 5.74) is 1.38. The molecule has 2 aromatic carbocycles. The summed E-state index contributed by atoms with van der Waals surface area (Å²) in [5.74, 6) is 0.628. The van der Waals surface area contributed by atoms with Crippen molar-refractivity contribution in [1.82, 2.24) is 9.97 Å². The number of aromatic nitrogens is 2. The second kappa shape index (κ2) is 10.1. The molecule has 0 fully saturated rings. The van der Waals surface area contributed by atoms with Crippen molar-refractivity contribution in [3.8, 4) is 11.6 Å². The van der Waals surface area contributed by atoms with Crippen LogP contribution in [0.25, 0.3) is 0 Å². The Labute approximate surface area is 186 Å². The van der Waals surface area contributed by atoms with Crippen LogP contribution in [-0.2, 0) is 14.8 Å². The van der Waals surface area contributed by atoms with Crippen molar-refractivity contribution in [1.29, 1.82) is 0 Å². The first kappa shape index (κ1) is 23.0. The average molecular weight is 457 g/mol. The van der Waals surface area contributed by atoms with Crippen LogP contribution in [0, 0.1) is 6.92 Å². The van der Waals surface area contributed by atoms with Crippen LogP contribution in [0.3, 0.4) is 0 Å². The molecule has 0 bridgehead atoms. The van der Waals surface area contributed by atoms with Gasteiger partial charge in [0.15, 0.2) is 6.10 Å². The lowest BCUT2D eigenvalue weighted by Gasteiger charge is -2.18. The van der Waals surface area contributed by atoms with Crippen molar-refractivity contribution in [2.75, 3.05) is 17.1 Å². The maximum Gasteiger partial charge on any atom is 0.265 e. The number of aryl methyl sites for hydroxylation is 1. The van der Waals surface area contributed by atoms with E-state index in [0.717, 1.165) is 5.56 Å². The Kier molecular flexibility index (Phi) is 7.26. The molecule has 0 aliphatic rings. The van der Waals surface area contributed by atoms with Gasteiger partial charge in [-0.1, -0.05) is 25.1 Å². The molecule has 168 valence electrons. The van der Waals surface area contributed by atoms with Gasteiger partial charge in [0.05, 0.1) is 12.0 Å². The predicted molar refractivity (Wildman–Crippen MR) is 120 cm³/mol. The molecular weight excluding hydrogens is 432 g/mol. The predicted octanol–water partition coefficient (Wildman–Crippen LogP) is 3.39. The molecule has 0 aliphatic carbocycles. The molecule has 1 unspecified atom stereocenters. The highest BCUT2D eigenvalue weighted by atomic mass is 32.2. The molecule has 0 saturated carbocycles. The molecule has 0 radical (unpaired) electrons. The Hall–Kier alpha value is -3.66. The second-order valence-electron chi connectivity index (χ2n) is 6.84. The molecule has 0 spiro atoms. The number of methoxy groups -OCH3 is 1. The number of ether oxygens (including phenoxy) is 2. The zero-order valence-electron chi connectivity index (χ0n) is 17.9. The van der Waals surface area contributed by atoms with E-state index in [1.165, 1.54) is 43.8 Å². The van der Waals surface area contributed by atoms with Crippen molar-refractivity contribution in [2.45, 2.75) is 31.3 Å². The molecule has 10 heteroatoms. The minimum Gasteiger partial charge on any atom is -0.481 e. The Morgan fingerprint density at radius 2 is 1.81 bits per heavy atom. The molecule has 1 amide bonds. The molecule has 9 nitrogen and oxygen atoms in total. The van der Waals surface area contributed by atoms with Crippen LogP contribution >= 0.6 is 0 Å². The van der Waals surface area contributed by atoms with Gasteiger partial charge in [0.2, 0.25) is 5.88 Å². The molecule has 1 aromatic heterocycles. The van der Waals surface area contributed by atoms with E-state index in [2.05, 4.69) is 20.0 Å². The van der Waals surface area contributed by atoms with Crippen molar-refractivity contribution < 1.29 is 22.7 Å². The Morgan fingerprint density at radius 1 is 1.09 bits per heavy atom. The fourth-order valence-corrected chi connectivity index (χ4v) is 3.81. The van der Waals surface area contributed by atoms with E-state index in [4.69, 9.17) is 9.47 Å². The fourth-order valence-electron chi connectivity index (χ4n) is 2.81. The maximum atomic E-state index is 12.7. The molecule has 0 saturated heterocycles. The largest absolute Gasteiger partial charge is 0.481 e. The Balaban J connectivity index is 1.67. The van der Waals surface area contributed by atoms with E-state index in [-0.39, 0.29) is 22.5 Å². The average Bonchev–Trinajstić information content (AvgIpc) is 2.78. The summed E-state index contributed by atoms with van der Waals surface area (Å²) >= 11 is 0. The van der Waals surface area contributed by atoms with E-state index < -0.39 is 16.1 Å². The van der Waals surface area contributed by atoms with Gasteiger partial charge in [-0.25, -0.2) is 18.4 Å². The first-order chi connectivity index (χ1) is 15.3. The van der Waals surface area contributed by atoms with Crippen molar-refractivity contribution in [3.05, 3.63) is 66.5 Å². The summed E-state index contributed by atoms with van der Waals surface area (Å²) in [6, 6.07) is 14.6. The van der Waals surface area contributed by atoms with Gasteiger partial charge >= 0.3 is 0 Å². The number of benzene rings is 2. The number of carbonyl (C=O) groups is 1. The van der Waals surface area contributed by atoms with Crippen LogP contribution in [0.2, 0.25) is 0 Å². The van der Waals surface area contributed by atoms with Crippen LogP contribution in [0.4, 0.5) is 11.5 Å². The van der Waals surface area contributed by atoms with Crippen LogP contribution in [0.1, 0.15) is 18.9 Å². The fraction of sp³-hybridized carbons (Fsp3) is 0.227. The van der Waals surface area contributed by atoms with Crippen molar-refractivity contribution in [2.24, 2.45) is 0 Å². The number of carbonyl (C=O) groups excluding carboxylic acids is 1. The minimum absolute atomic E-state index is 0.0104. The van der Waals surface area contributed by atoms with Crippen LogP contribution < -0.4 is 19.5 Å². The van der Waals surface area contributed by atoms with Gasteiger partial charge in [-0.15, -0.1) is 0 Å². The summed E-state index contributed by atoms with van der Waals surface area (Å²) in [7, 11) is -2.46. The van der Waals surface area contributed by atoms with E-state index in [0.29, 0.717) is 17.9 Å². The highest BCUT2D eigenvalue weighted by Crippen LogP contribution is 2.21. The standard InChI is InChI=1S/C22H24N4O5S/c1-4-18(31-19-8-6-5-7-15(19)2)22(27)25-16-9-11-17(12-10-16)32(28,29)26-20-13-21(30-3)24-14-23-20/h5-14,18H,4H2,1-3H3,(H,25,27)(H,23,24,26). The number of nitrogens with one attached hydrogen (secondary N) is 2. The normalized spacial score (nSPS) is 12.0. The third-order valence-electron chi connectivity index (χ3n) is 4.55. The number of amides is 1. The zero-order chi connectivity index (χ0) is 23.1. The van der Waals surface area contributed by atoms with Gasteiger partial charge in [0.1, 0.15) is 17.9 Å². The second-order valence-corrected chi connectivity index (χ2v) is 8.53. The molecule has 32 heavy (non-hydrogen) atoms. The molecule has 1 atom stereocenters. The van der Waals surface area contributed by atoms with E-state index >= 15 is 0 Å². The lowest BCUT2D eigenvalue weighted by atomic mass is 10.2. The van der Waals surface area contributed by atoms with E-state index in [9.17, 15) is 13.2 Å². The van der Waals surface area contributed by atoms with Crippen LogP contribution in [0.15, 0.2) is 65.8 Å². The Bertz CT molecular complexity index is 1180. The smallest absolute Gasteiger partial charge is 0.265 e. The number of hydrogen-bond acceptors (Lipinski definition) is 7. The SMILES string of the molecule is CCC(Oc1ccccc1C)C(=O)Nc1ccc(S(=O)(=O)Nc2cc(OC)ncn2)cc1. The lowest BCUT2D eigenvalue weighted by Crippen LogP contribution is -2.32. The number of para-hydroxylation sites is 1. The molecule has 3 rings (SSSR count). The van der Waals surface area contributed by atoms with Gasteiger partial charge in [-0.05, 0) is 49.2 Å². The van der Waals surface area contributed by atoms with Gasteiger partial charge in [0, 0.05) is 11.8 Å². The molecule has 3 aromatic rings. The van der Waals surface area contributed by atoms with Gasteiger partial charge in [-0.3, -0.25) is 9.52 Å². The lowest BCUT2D eigenvalue weighted by molar-refractivity contribution is -0.122. The van der Waals surface area contributed by atoms with Crippen molar-refractivity contribution in [3.63, 3.8) is 0 Å².